The highest BCUT2D eigenvalue weighted by molar-refractivity contribution is 7.11. The molecule has 0 aliphatic carbocycles. The van der Waals surface area contributed by atoms with E-state index in [1.54, 1.807) is 36.7 Å². The molecule has 2 N–H and O–H groups in total. The third-order valence-corrected chi connectivity index (χ3v) is 3.48. The zero-order valence-corrected chi connectivity index (χ0v) is 12.0. The average Bonchev–Trinajstić information content (AvgIpc) is 2.81. The SMILES string of the molecule is CNc1cc(C(=O)NCc2cnc(C)s2)cc(C)n1. The van der Waals surface area contributed by atoms with Crippen LogP contribution in [0.1, 0.15) is 25.9 Å². The van der Waals surface area contributed by atoms with Crippen LogP contribution in [0.4, 0.5) is 5.82 Å². The Balaban J connectivity index is 2.05. The van der Waals surface area contributed by atoms with Gasteiger partial charge >= 0.3 is 0 Å². The number of nitrogens with zero attached hydrogens (tertiary/aromatic N) is 2. The molecule has 6 heteroatoms. The highest BCUT2D eigenvalue weighted by Gasteiger charge is 2.08. The molecule has 2 heterocycles. The largest absolute Gasteiger partial charge is 0.373 e. The molecule has 1 amide bonds. The van der Waals surface area contributed by atoms with Crippen molar-refractivity contribution >= 4 is 23.1 Å². The molecule has 5 nitrogen and oxygen atoms in total. The molecule has 0 radical (unpaired) electrons. The molecule has 0 aromatic carbocycles. The summed E-state index contributed by atoms with van der Waals surface area (Å²) in [6.45, 7) is 4.31. The maximum absolute atomic E-state index is 12.1. The lowest BCUT2D eigenvalue weighted by Crippen LogP contribution is -2.22. The lowest BCUT2D eigenvalue weighted by atomic mass is 10.2. The van der Waals surface area contributed by atoms with E-state index in [1.165, 1.54) is 0 Å². The minimum Gasteiger partial charge on any atom is -0.373 e. The number of nitrogens with one attached hydrogen (secondary N) is 2. The number of pyridine rings is 1. The van der Waals surface area contributed by atoms with Crippen LogP contribution in [-0.4, -0.2) is 22.9 Å². The predicted octanol–water partition coefficient (Wildman–Crippen LogP) is 2.13. The molecule has 2 rings (SSSR count). The number of anilines is 1. The van der Waals surface area contributed by atoms with Gasteiger partial charge in [-0.2, -0.15) is 0 Å². The summed E-state index contributed by atoms with van der Waals surface area (Å²) >= 11 is 1.59. The van der Waals surface area contributed by atoms with Gasteiger partial charge in [-0.25, -0.2) is 9.97 Å². The second-order valence-corrected chi connectivity index (χ2v) is 5.48. The number of aryl methyl sites for hydroxylation is 2. The number of aromatic nitrogens is 2. The van der Waals surface area contributed by atoms with Crippen molar-refractivity contribution in [3.8, 4) is 0 Å². The van der Waals surface area contributed by atoms with Gasteiger partial charge in [0.25, 0.3) is 5.91 Å². The number of hydrogen-bond donors (Lipinski definition) is 2. The van der Waals surface area contributed by atoms with Crippen LogP contribution in [0.15, 0.2) is 18.3 Å². The van der Waals surface area contributed by atoms with Crippen LogP contribution < -0.4 is 10.6 Å². The van der Waals surface area contributed by atoms with Crippen LogP contribution in [0.5, 0.6) is 0 Å². The first kappa shape index (κ1) is 13.5. The van der Waals surface area contributed by atoms with Gasteiger partial charge in [-0.3, -0.25) is 4.79 Å². The molecular weight excluding hydrogens is 260 g/mol. The van der Waals surface area contributed by atoms with Gasteiger partial charge in [-0.15, -0.1) is 11.3 Å². The van der Waals surface area contributed by atoms with Gasteiger partial charge in [0.2, 0.25) is 0 Å². The Morgan fingerprint density at radius 2 is 2.16 bits per heavy atom. The lowest BCUT2D eigenvalue weighted by Gasteiger charge is -2.07. The van der Waals surface area contributed by atoms with Crippen LogP contribution in [0.25, 0.3) is 0 Å². The van der Waals surface area contributed by atoms with Gasteiger partial charge in [0, 0.05) is 29.4 Å². The molecule has 0 aliphatic heterocycles. The van der Waals surface area contributed by atoms with Gasteiger partial charge in [0.05, 0.1) is 11.6 Å². The first-order chi connectivity index (χ1) is 9.08. The molecule has 0 aliphatic rings. The standard InChI is InChI=1S/C13H16N4OS/c1-8-4-10(5-12(14-3)17-8)13(18)16-7-11-6-15-9(2)19-11/h4-6H,7H2,1-3H3,(H,14,17)(H,16,18). The normalized spacial score (nSPS) is 10.3. The highest BCUT2D eigenvalue weighted by atomic mass is 32.1. The van der Waals surface area contributed by atoms with E-state index in [0.29, 0.717) is 17.9 Å². The van der Waals surface area contributed by atoms with E-state index in [0.717, 1.165) is 15.6 Å². The summed E-state index contributed by atoms with van der Waals surface area (Å²) in [6.07, 6.45) is 1.79. The van der Waals surface area contributed by atoms with Gasteiger partial charge in [0.15, 0.2) is 0 Å². The van der Waals surface area contributed by atoms with Gasteiger partial charge in [-0.05, 0) is 26.0 Å². The fourth-order valence-electron chi connectivity index (χ4n) is 1.68. The smallest absolute Gasteiger partial charge is 0.251 e. The van der Waals surface area contributed by atoms with E-state index in [4.69, 9.17) is 0 Å². The average molecular weight is 276 g/mol. The van der Waals surface area contributed by atoms with Crippen molar-refractivity contribution in [2.24, 2.45) is 0 Å². The van der Waals surface area contributed by atoms with Crippen LogP contribution in [0, 0.1) is 13.8 Å². The van der Waals surface area contributed by atoms with Crippen LogP contribution >= 0.6 is 11.3 Å². The van der Waals surface area contributed by atoms with Crippen LogP contribution in [0.3, 0.4) is 0 Å². The molecule has 2 aromatic heterocycles. The van der Waals surface area contributed by atoms with Crippen molar-refractivity contribution in [2.75, 3.05) is 12.4 Å². The summed E-state index contributed by atoms with van der Waals surface area (Å²) in [5.41, 5.74) is 1.42. The minimum absolute atomic E-state index is 0.104. The first-order valence-electron chi connectivity index (χ1n) is 5.94. The zero-order chi connectivity index (χ0) is 13.8. The topological polar surface area (TPSA) is 66.9 Å². The van der Waals surface area contributed by atoms with E-state index in [-0.39, 0.29) is 5.91 Å². The Kier molecular flexibility index (Phi) is 4.11. The number of rotatable bonds is 4. The quantitative estimate of drug-likeness (QED) is 0.897. The van der Waals surface area contributed by atoms with Gasteiger partial charge < -0.3 is 10.6 Å². The zero-order valence-electron chi connectivity index (χ0n) is 11.2. The van der Waals surface area contributed by atoms with Crippen molar-refractivity contribution in [1.82, 2.24) is 15.3 Å². The second kappa shape index (κ2) is 5.79. The Hall–Kier alpha value is -1.95. The summed E-state index contributed by atoms with van der Waals surface area (Å²) in [5.74, 6) is 0.590. The Labute approximate surface area is 116 Å². The van der Waals surface area contributed by atoms with Crippen LogP contribution in [0.2, 0.25) is 0 Å². The van der Waals surface area contributed by atoms with Crippen molar-refractivity contribution in [3.05, 3.63) is 39.5 Å². The Morgan fingerprint density at radius 1 is 1.37 bits per heavy atom. The summed E-state index contributed by atoms with van der Waals surface area (Å²) in [6, 6.07) is 3.51. The van der Waals surface area contributed by atoms with Crippen molar-refractivity contribution in [2.45, 2.75) is 20.4 Å². The fourth-order valence-corrected chi connectivity index (χ4v) is 2.42. The van der Waals surface area contributed by atoms with E-state index in [2.05, 4.69) is 20.6 Å². The molecule has 100 valence electrons. The van der Waals surface area contributed by atoms with E-state index in [9.17, 15) is 4.79 Å². The highest BCUT2D eigenvalue weighted by Crippen LogP contribution is 2.12. The summed E-state index contributed by atoms with van der Waals surface area (Å²) < 4.78 is 0. The van der Waals surface area contributed by atoms with Crippen molar-refractivity contribution in [1.29, 1.82) is 0 Å². The molecule has 0 saturated carbocycles. The minimum atomic E-state index is -0.104. The third kappa shape index (κ3) is 3.51. The molecule has 0 atom stereocenters. The van der Waals surface area contributed by atoms with E-state index >= 15 is 0 Å². The number of hydrogen-bond acceptors (Lipinski definition) is 5. The summed E-state index contributed by atoms with van der Waals surface area (Å²) in [4.78, 5) is 21.5. The number of thiazole rings is 1. The lowest BCUT2D eigenvalue weighted by molar-refractivity contribution is 0.0951. The molecule has 2 aromatic rings. The Morgan fingerprint density at radius 3 is 2.79 bits per heavy atom. The number of amides is 1. The number of carbonyl (C=O) groups is 1. The molecule has 0 bridgehead atoms. The monoisotopic (exact) mass is 276 g/mol. The first-order valence-corrected chi connectivity index (χ1v) is 6.76. The van der Waals surface area contributed by atoms with E-state index < -0.39 is 0 Å². The summed E-state index contributed by atoms with van der Waals surface area (Å²) in [5, 5.41) is 6.83. The van der Waals surface area contributed by atoms with Gasteiger partial charge in [-0.1, -0.05) is 0 Å². The van der Waals surface area contributed by atoms with Gasteiger partial charge in [0.1, 0.15) is 5.82 Å². The van der Waals surface area contributed by atoms with Crippen molar-refractivity contribution in [3.63, 3.8) is 0 Å². The fraction of sp³-hybridized carbons (Fsp3) is 0.308. The molecular formula is C13H16N4OS. The summed E-state index contributed by atoms with van der Waals surface area (Å²) in [7, 11) is 1.78. The molecule has 0 spiro atoms. The maximum Gasteiger partial charge on any atom is 0.251 e. The molecule has 0 saturated heterocycles. The molecule has 19 heavy (non-hydrogen) atoms. The number of carbonyl (C=O) groups excluding carboxylic acids is 1. The molecule has 0 fully saturated rings. The van der Waals surface area contributed by atoms with Crippen LogP contribution in [-0.2, 0) is 6.54 Å². The third-order valence-electron chi connectivity index (χ3n) is 2.56. The molecule has 0 unspecified atom stereocenters. The maximum atomic E-state index is 12.1. The second-order valence-electron chi connectivity index (χ2n) is 4.16. The van der Waals surface area contributed by atoms with Crippen molar-refractivity contribution < 1.29 is 4.79 Å². The Bertz CT molecular complexity index is 594. The predicted molar refractivity (Wildman–Crippen MR) is 76.5 cm³/mol. The van der Waals surface area contributed by atoms with E-state index in [1.807, 2.05) is 13.8 Å².